The molecule has 20 heavy (non-hydrogen) atoms. The molecule has 4 heteroatoms. The van der Waals surface area contributed by atoms with Crippen LogP contribution in [0.2, 0.25) is 0 Å². The maximum absolute atomic E-state index is 13.4. The van der Waals surface area contributed by atoms with Gasteiger partial charge in [0.15, 0.2) is 0 Å². The quantitative estimate of drug-likeness (QED) is 0.873. The predicted molar refractivity (Wildman–Crippen MR) is 73.1 cm³/mol. The van der Waals surface area contributed by atoms with Crippen molar-refractivity contribution in [2.24, 2.45) is 5.73 Å². The summed E-state index contributed by atoms with van der Waals surface area (Å²) >= 11 is 0. The maximum Gasteiger partial charge on any atom is 0.130 e. The molecule has 0 atom stereocenters. The summed E-state index contributed by atoms with van der Waals surface area (Å²) in [5.74, 6) is 5.21. The molecule has 0 radical (unpaired) electrons. The first-order chi connectivity index (χ1) is 9.69. The number of nitrogens with two attached hydrogens (primary N) is 1. The zero-order valence-electron chi connectivity index (χ0n) is 10.7. The van der Waals surface area contributed by atoms with Crippen molar-refractivity contribution in [3.63, 3.8) is 0 Å². The predicted octanol–water partition coefficient (Wildman–Crippen LogP) is 2.85. The Morgan fingerprint density at radius 1 is 1.05 bits per heavy atom. The fraction of sp³-hybridized carbons (Fsp3) is 0.125. The number of rotatable bonds is 3. The summed E-state index contributed by atoms with van der Waals surface area (Å²) in [7, 11) is 0. The summed E-state index contributed by atoms with van der Waals surface area (Å²) in [4.78, 5) is 0. The van der Waals surface area contributed by atoms with E-state index < -0.39 is 11.6 Å². The summed E-state index contributed by atoms with van der Waals surface area (Å²) in [6.45, 7) is 0.272. The van der Waals surface area contributed by atoms with Crippen molar-refractivity contribution in [3.8, 4) is 17.6 Å². The average Bonchev–Trinajstić information content (AvgIpc) is 2.47. The van der Waals surface area contributed by atoms with Gasteiger partial charge in [-0.15, -0.1) is 0 Å². The smallest absolute Gasteiger partial charge is 0.130 e. The minimum Gasteiger partial charge on any atom is -0.489 e. The van der Waals surface area contributed by atoms with Crippen LogP contribution < -0.4 is 10.5 Å². The van der Waals surface area contributed by atoms with Gasteiger partial charge in [-0.05, 0) is 42.5 Å². The lowest BCUT2D eigenvalue weighted by Gasteiger charge is -2.07. The summed E-state index contributed by atoms with van der Waals surface area (Å²) in [5, 5.41) is 0. The highest BCUT2D eigenvalue weighted by Gasteiger charge is 2.04. The Hall–Kier alpha value is -2.38. The fourth-order valence-corrected chi connectivity index (χ4v) is 1.60. The first-order valence-corrected chi connectivity index (χ1v) is 6.05. The topological polar surface area (TPSA) is 35.2 Å². The SMILES string of the molecule is NCC#Cc1ccc(OCc2cc(F)ccc2F)cc1. The monoisotopic (exact) mass is 273 g/mol. The molecule has 0 heterocycles. The van der Waals surface area contributed by atoms with Gasteiger partial charge in [-0.1, -0.05) is 11.8 Å². The molecule has 2 aromatic carbocycles. The van der Waals surface area contributed by atoms with E-state index in [0.717, 1.165) is 23.8 Å². The van der Waals surface area contributed by atoms with E-state index in [1.807, 2.05) is 0 Å². The number of halogens is 2. The lowest BCUT2D eigenvalue weighted by molar-refractivity contribution is 0.299. The third-order valence-electron chi connectivity index (χ3n) is 2.59. The molecule has 0 fully saturated rings. The highest BCUT2D eigenvalue weighted by molar-refractivity contribution is 5.38. The summed E-state index contributed by atoms with van der Waals surface area (Å²) < 4.78 is 31.8. The summed E-state index contributed by atoms with van der Waals surface area (Å²) in [6, 6.07) is 10.3. The van der Waals surface area contributed by atoms with Gasteiger partial charge in [0.05, 0.1) is 6.54 Å². The van der Waals surface area contributed by atoms with Crippen molar-refractivity contribution < 1.29 is 13.5 Å². The van der Waals surface area contributed by atoms with Crippen molar-refractivity contribution in [2.75, 3.05) is 6.54 Å². The van der Waals surface area contributed by atoms with Crippen LogP contribution in [0.15, 0.2) is 42.5 Å². The van der Waals surface area contributed by atoms with E-state index in [4.69, 9.17) is 10.5 Å². The Bertz CT molecular complexity index is 642. The standard InChI is InChI=1S/C16H13F2NO/c17-14-5-8-16(18)13(10-14)11-20-15-6-3-12(4-7-15)2-1-9-19/h3-8,10H,9,11,19H2. The molecule has 2 rings (SSSR count). The van der Waals surface area contributed by atoms with Crippen LogP contribution in [0, 0.1) is 23.5 Å². The Morgan fingerprint density at radius 3 is 2.50 bits per heavy atom. The molecule has 0 aromatic heterocycles. The molecule has 0 amide bonds. The molecular weight excluding hydrogens is 260 g/mol. The van der Waals surface area contributed by atoms with Gasteiger partial charge in [-0.3, -0.25) is 0 Å². The molecule has 0 aliphatic carbocycles. The van der Waals surface area contributed by atoms with E-state index in [9.17, 15) is 8.78 Å². The lowest BCUT2D eigenvalue weighted by atomic mass is 10.2. The van der Waals surface area contributed by atoms with Crippen LogP contribution in [0.1, 0.15) is 11.1 Å². The highest BCUT2D eigenvalue weighted by Crippen LogP contribution is 2.16. The Balaban J connectivity index is 2.02. The van der Waals surface area contributed by atoms with Gasteiger partial charge in [0.1, 0.15) is 24.0 Å². The molecule has 2 N–H and O–H groups in total. The molecule has 0 saturated heterocycles. The first-order valence-electron chi connectivity index (χ1n) is 6.05. The molecule has 0 bridgehead atoms. The van der Waals surface area contributed by atoms with Crippen molar-refractivity contribution in [3.05, 3.63) is 65.2 Å². The van der Waals surface area contributed by atoms with Crippen LogP contribution in [0.25, 0.3) is 0 Å². The molecule has 0 unspecified atom stereocenters. The summed E-state index contributed by atoms with van der Waals surface area (Å²) in [6.07, 6.45) is 0. The maximum atomic E-state index is 13.4. The highest BCUT2D eigenvalue weighted by atomic mass is 19.1. The molecule has 2 nitrogen and oxygen atoms in total. The third kappa shape index (κ3) is 3.81. The second-order valence-electron chi connectivity index (χ2n) is 4.05. The molecular formula is C16H13F2NO. The van der Waals surface area contributed by atoms with E-state index in [0.29, 0.717) is 12.3 Å². The fourth-order valence-electron chi connectivity index (χ4n) is 1.60. The van der Waals surface area contributed by atoms with Gasteiger partial charge in [0.25, 0.3) is 0 Å². The Morgan fingerprint density at radius 2 is 1.80 bits per heavy atom. The minimum absolute atomic E-state index is 0.0303. The van der Waals surface area contributed by atoms with E-state index >= 15 is 0 Å². The number of hydrogen-bond donors (Lipinski definition) is 1. The third-order valence-corrected chi connectivity index (χ3v) is 2.59. The molecule has 0 spiro atoms. The van der Waals surface area contributed by atoms with E-state index in [1.54, 1.807) is 24.3 Å². The largest absolute Gasteiger partial charge is 0.489 e. The van der Waals surface area contributed by atoms with Gasteiger partial charge in [0.2, 0.25) is 0 Å². The van der Waals surface area contributed by atoms with Crippen LogP contribution in [0.4, 0.5) is 8.78 Å². The number of ether oxygens (including phenoxy) is 1. The van der Waals surface area contributed by atoms with Crippen LogP contribution in [-0.2, 0) is 6.61 Å². The second-order valence-corrected chi connectivity index (χ2v) is 4.05. The lowest BCUT2D eigenvalue weighted by Crippen LogP contribution is -1.99. The van der Waals surface area contributed by atoms with Gasteiger partial charge >= 0.3 is 0 Å². The first kappa shape index (κ1) is 14.0. The Labute approximate surface area is 116 Å². The van der Waals surface area contributed by atoms with Crippen LogP contribution in [0.5, 0.6) is 5.75 Å². The van der Waals surface area contributed by atoms with Crippen LogP contribution >= 0.6 is 0 Å². The van der Waals surface area contributed by atoms with Crippen molar-refractivity contribution in [1.29, 1.82) is 0 Å². The van der Waals surface area contributed by atoms with Crippen LogP contribution in [0.3, 0.4) is 0 Å². The molecule has 102 valence electrons. The molecule has 2 aromatic rings. The zero-order valence-corrected chi connectivity index (χ0v) is 10.7. The van der Waals surface area contributed by atoms with Crippen molar-refractivity contribution in [1.82, 2.24) is 0 Å². The number of hydrogen-bond acceptors (Lipinski definition) is 2. The van der Waals surface area contributed by atoms with E-state index in [-0.39, 0.29) is 12.2 Å². The molecule has 0 aliphatic rings. The average molecular weight is 273 g/mol. The van der Waals surface area contributed by atoms with Crippen molar-refractivity contribution >= 4 is 0 Å². The second kappa shape index (κ2) is 6.69. The van der Waals surface area contributed by atoms with Crippen LogP contribution in [-0.4, -0.2) is 6.54 Å². The molecule has 0 aliphatic heterocycles. The van der Waals surface area contributed by atoms with E-state index in [2.05, 4.69) is 11.8 Å². The number of benzene rings is 2. The zero-order chi connectivity index (χ0) is 14.4. The Kier molecular flexibility index (Phi) is 4.70. The van der Waals surface area contributed by atoms with Gasteiger partial charge in [-0.2, -0.15) is 0 Å². The van der Waals surface area contributed by atoms with Crippen molar-refractivity contribution in [2.45, 2.75) is 6.61 Å². The van der Waals surface area contributed by atoms with Gasteiger partial charge < -0.3 is 10.5 Å². The normalized spacial score (nSPS) is 9.75. The molecule has 0 saturated carbocycles. The summed E-state index contributed by atoms with van der Waals surface area (Å²) in [5.41, 5.74) is 6.28. The van der Waals surface area contributed by atoms with E-state index in [1.165, 1.54) is 0 Å². The van der Waals surface area contributed by atoms with Gasteiger partial charge in [-0.25, -0.2) is 8.78 Å². The minimum atomic E-state index is -0.489. The van der Waals surface area contributed by atoms with Gasteiger partial charge in [0, 0.05) is 11.1 Å².